The predicted molar refractivity (Wildman–Crippen MR) is 43.7 cm³/mol. The van der Waals surface area contributed by atoms with E-state index in [-0.39, 0.29) is 0 Å². The largest absolute Gasteiger partial charge is 0.316 e. The van der Waals surface area contributed by atoms with Gasteiger partial charge in [0.2, 0.25) is 0 Å². The van der Waals surface area contributed by atoms with Gasteiger partial charge in [0.25, 0.3) is 0 Å². The number of hydrogen-bond acceptors (Lipinski definition) is 1. The maximum absolute atomic E-state index is 3.53. The quantitative estimate of drug-likeness (QED) is 0.535. The van der Waals surface area contributed by atoms with E-state index < -0.39 is 0 Å². The van der Waals surface area contributed by atoms with E-state index in [0.29, 0.717) is 6.17 Å². The molecule has 0 saturated carbocycles. The molecule has 0 bridgehead atoms. The van der Waals surface area contributed by atoms with E-state index in [1.54, 1.807) is 0 Å². The third-order valence-electron chi connectivity index (χ3n) is 2.22. The van der Waals surface area contributed by atoms with Crippen molar-refractivity contribution >= 4 is 0 Å². The van der Waals surface area contributed by atoms with E-state index >= 15 is 0 Å². The number of nitrogens with zero attached hydrogens (tertiary/aromatic N) is 1. The third kappa shape index (κ3) is 1.96. The summed E-state index contributed by atoms with van der Waals surface area (Å²) in [6, 6.07) is 0. The fourth-order valence-corrected chi connectivity index (χ4v) is 1.49. The summed E-state index contributed by atoms with van der Waals surface area (Å²) in [4.78, 5) is 0. The summed E-state index contributed by atoms with van der Waals surface area (Å²) in [6.45, 7) is 1.21. The number of nitrogens with one attached hydrogen (secondary N) is 1. The standard InChI is InChI=1S/C8H19N2/c1-10(2,3)8-6-4-5-7-9-8/h8-9H,4-7H2,1-3H3/q+1. The zero-order valence-electron chi connectivity index (χ0n) is 7.35. The molecule has 0 aromatic carbocycles. The fraction of sp³-hybridized carbons (Fsp3) is 1.00. The Hall–Kier alpha value is -0.0800. The zero-order chi connectivity index (χ0) is 7.61. The lowest BCUT2D eigenvalue weighted by atomic mass is 10.1. The maximum Gasteiger partial charge on any atom is 0.142 e. The topological polar surface area (TPSA) is 12.0 Å². The van der Waals surface area contributed by atoms with Crippen molar-refractivity contribution in [1.82, 2.24) is 5.32 Å². The molecule has 0 aromatic heterocycles. The van der Waals surface area contributed by atoms with Crippen molar-refractivity contribution in [3.63, 3.8) is 0 Å². The minimum absolute atomic E-state index is 0.689. The Labute approximate surface area is 63.8 Å². The summed E-state index contributed by atoms with van der Waals surface area (Å²) in [5, 5.41) is 3.53. The monoisotopic (exact) mass is 143 g/mol. The van der Waals surface area contributed by atoms with E-state index in [1.165, 1.54) is 25.8 Å². The summed E-state index contributed by atoms with van der Waals surface area (Å²) in [5.41, 5.74) is 0. The van der Waals surface area contributed by atoms with Crippen molar-refractivity contribution in [2.45, 2.75) is 25.4 Å². The summed E-state index contributed by atoms with van der Waals surface area (Å²) >= 11 is 0. The van der Waals surface area contributed by atoms with E-state index in [9.17, 15) is 0 Å². The first-order valence-corrected chi connectivity index (χ1v) is 4.15. The average Bonchev–Trinajstić information content (AvgIpc) is 1.88. The molecule has 2 nitrogen and oxygen atoms in total. The molecule has 0 aliphatic carbocycles. The lowest BCUT2D eigenvalue weighted by molar-refractivity contribution is -0.900. The van der Waals surface area contributed by atoms with Gasteiger partial charge in [0.1, 0.15) is 6.17 Å². The van der Waals surface area contributed by atoms with Crippen LogP contribution in [0.25, 0.3) is 0 Å². The van der Waals surface area contributed by atoms with Crippen molar-refractivity contribution in [2.24, 2.45) is 0 Å². The second-order valence-electron chi connectivity index (χ2n) is 4.08. The number of hydrogen-bond donors (Lipinski definition) is 1. The van der Waals surface area contributed by atoms with Gasteiger partial charge in [-0.05, 0) is 12.8 Å². The molecule has 1 N–H and O–H groups in total. The SMILES string of the molecule is C[N+](C)(C)C1CCCCN1. The van der Waals surface area contributed by atoms with Gasteiger partial charge in [-0.25, -0.2) is 0 Å². The number of piperidine rings is 1. The zero-order valence-corrected chi connectivity index (χ0v) is 7.35. The molecule has 1 aliphatic heterocycles. The molecular formula is C8H19N2+. The van der Waals surface area contributed by atoms with Gasteiger partial charge < -0.3 is 4.48 Å². The highest BCUT2D eigenvalue weighted by Crippen LogP contribution is 2.12. The lowest BCUT2D eigenvalue weighted by Crippen LogP contribution is -2.55. The molecule has 1 atom stereocenters. The average molecular weight is 143 g/mol. The van der Waals surface area contributed by atoms with Crippen LogP contribution in [-0.2, 0) is 0 Å². The Morgan fingerprint density at radius 1 is 1.20 bits per heavy atom. The van der Waals surface area contributed by atoms with Crippen LogP contribution in [0.4, 0.5) is 0 Å². The van der Waals surface area contributed by atoms with Crippen LogP contribution >= 0.6 is 0 Å². The van der Waals surface area contributed by atoms with Crippen molar-refractivity contribution in [1.29, 1.82) is 0 Å². The van der Waals surface area contributed by atoms with E-state index in [0.717, 1.165) is 4.48 Å². The Bertz CT molecular complexity index is 98.3. The normalized spacial score (nSPS) is 28.5. The van der Waals surface area contributed by atoms with Crippen LogP contribution in [-0.4, -0.2) is 38.3 Å². The van der Waals surface area contributed by atoms with Gasteiger partial charge in [-0.15, -0.1) is 0 Å². The minimum atomic E-state index is 0.689. The maximum atomic E-state index is 3.53. The molecule has 0 amide bonds. The van der Waals surface area contributed by atoms with Crippen LogP contribution in [0.5, 0.6) is 0 Å². The molecule has 0 radical (unpaired) electrons. The van der Waals surface area contributed by atoms with Gasteiger partial charge in [-0.2, -0.15) is 0 Å². The second kappa shape index (κ2) is 2.89. The fourth-order valence-electron chi connectivity index (χ4n) is 1.49. The van der Waals surface area contributed by atoms with E-state index in [1.807, 2.05) is 0 Å². The van der Waals surface area contributed by atoms with Gasteiger partial charge in [0.15, 0.2) is 0 Å². The van der Waals surface area contributed by atoms with E-state index in [2.05, 4.69) is 26.5 Å². The number of rotatable bonds is 1. The Morgan fingerprint density at radius 2 is 1.90 bits per heavy atom. The van der Waals surface area contributed by atoms with Gasteiger partial charge in [-0.1, -0.05) is 0 Å². The van der Waals surface area contributed by atoms with Gasteiger partial charge in [-0.3, -0.25) is 5.32 Å². The first-order valence-electron chi connectivity index (χ1n) is 4.15. The molecule has 0 aromatic rings. The van der Waals surface area contributed by atoms with Crippen LogP contribution in [0.15, 0.2) is 0 Å². The van der Waals surface area contributed by atoms with Gasteiger partial charge in [0.05, 0.1) is 21.1 Å². The predicted octanol–water partition coefficient (Wildman–Crippen LogP) is 0.792. The van der Waals surface area contributed by atoms with Crippen LogP contribution < -0.4 is 5.32 Å². The molecule has 1 unspecified atom stereocenters. The number of quaternary nitrogens is 1. The molecule has 10 heavy (non-hydrogen) atoms. The van der Waals surface area contributed by atoms with Crippen LogP contribution in [0.2, 0.25) is 0 Å². The first-order chi connectivity index (χ1) is 4.61. The minimum Gasteiger partial charge on any atom is -0.316 e. The molecule has 1 saturated heterocycles. The molecule has 2 heteroatoms. The Morgan fingerprint density at radius 3 is 2.20 bits per heavy atom. The Balaban J connectivity index is 2.39. The van der Waals surface area contributed by atoms with Gasteiger partial charge >= 0.3 is 0 Å². The molecule has 60 valence electrons. The highest BCUT2D eigenvalue weighted by molar-refractivity contribution is 4.62. The first kappa shape index (κ1) is 8.02. The van der Waals surface area contributed by atoms with E-state index in [4.69, 9.17) is 0 Å². The third-order valence-corrected chi connectivity index (χ3v) is 2.22. The highest BCUT2D eigenvalue weighted by atomic mass is 15.4. The Kier molecular flexibility index (Phi) is 2.32. The molecule has 1 rings (SSSR count). The molecule has 1 heterocycles. The second-order valence-corrected chi connectivity index (χ2v) is 4.08. The van der Waals surface area contributed by atoms with Crippen LogP contribution in [0, 0.1) is 0 Å². The summed E-state index contributed by atoms with van der Waals surface area (Å²) in [6.07, 6.45) is 4.78. The summed E-state index contributed by atoms with van der Waals surface area (Å²) in [7, 11) is 6.76. The van der Waals surface area contributed by atoms with Crippen molar-refractivity contribution in [2.75, 3.05) is 27.7 Å². The highest BCUT2D eigenvalue weighted by Gasteiger charge is 2.24. The van der Waals surface area contributed by atoms with Crippen molar-refractivity contribution in [3.8, 4) is 0 Å². The van der Waals surface area contributed by atoms with Gasteiger partial charge in [0, 0.05) is 13.0 Å². The summed E-state index contributed by atoms with van der Waals surface area (Å²) < 4.78 is 1.06. The molecule has 0 spiro atoms. The smallest absolute Gasteiger partial charge is 0.142 e. The lowest BCUT2D eigenvalue weighted by Gasteiger charge is -2.36. The molecular weight excluding hydrogens is 124 g/mol. The summed E-state index contributed by atoms with van der Waals surface area (Å²) in [5.74, 6) is 0. The van der Waals surface area contributed by atoms with Crippen LogP contribution in [0.1, 0.15) is 19.3 Å². The van der Waals surface area contributed by atoms with Crippen molar-refractivity contribution in [3.05, 3.63) is 0 Å². The van der Waals surface area contributed by atoms with Crippen LogP contribution in [0.3, 0.4) is 0 Å². The van der Waals surface area contributed by atoms with Crippen molar-refractivity contribution < 1.29 is 4.48 Å². The molecule has 1 aliphatic rings. The molecule has 1 fully saturated rings.